The van der Waals surface area contributed by atoms with Crippen molar-refractivity contribution in [2.75, 3.05) is 0 Å². The Morgan fingerprint density at radius 2 is 2.09 bits per heavy atom. The van der Waals surface area contributed by atoms with Crippen molar-refractivity contribution >= 4 is 5.91 Å². The summed E-state index contributed by atoms with van der Waals surface area (Å²) in [5.74, 6) is 1.93. The molecule has 2 fully saturated rings. The van der Waals surface area contributed by atoms with Crippen molar-refractivity contribution in [2.24, 2.45) is 17.8 Å². The molecule has 0 aliphatic heterocycles. The molecule has 1 N–H and O–H groups in total. The van der Waals surface area contributed by atoms with Crippen molar-refractivity contribution in [3.63, 3.8) is 0 Å². The Bertz CT molecular complexity index is 664. The number of benzene rings is 1. The predicted octanol–water partition coefficient (Wildman–Crippen LogP) is 2.92. The molecule has 1 heterocycles. The van der Waals surface area contributed by atoms with Gasteiger partial charge in [-0.1, -0.05) is 24.6 Å². The molecule has 1 aromatic carbocycles. The average molecular weight is 295 g/mol. The quantitative estimate of drug-likeness (QED) is 0.942. The van der Waals surface area contributed by atoms with E-state index in [0.29, 0.717) is 12.5 Å². The molecule has 114 valence electrons. The molecule has 2 aliphatic rings. The summed E-state index contributed by atoms with van der Waals surface area (Å²) in [5.41, 5.74) is 2.08. The van der Waals surface area contributed by atoms with Gasteiger partial charge in [0.05, 0.1) is 11.9 Å². The number of rotatable bonds is 4. The second-order valence-corrected chi connectivity index (χ2v) is 6.63. The minimum atomic E-state index is 0.236. The molecule has 2 bridgehead atoms. The van der Waals surface area contributed by atoms with Gasteiger partial charge < -0.3 is 5.32 Å². The maximum absolute atomic E-state index is 12.3. The van der Waals surface area contributed by atoms with Gasteiger partial charge in [-0.25, -0.2) is 4.68 Å². The molecule has 2 aliphatic carbocycles. The number of aromatic nitrogens is 2. The second kappa shape index (κ2) is 5.59. The standard InChI is InChI=1S/C18H21N3O/c22-18(17-9-13-6-7-15(17)8-13)19-10-14-11-20-21(12-14)16-4-2-1-3-5-16/h1-5,11-13,15,17H,6-10H2,(H,19,22). The molecule has 0 radical (unpaired) electrons. The molecule has 0 saturated heterocycles. The lowest BCUT2D eigenvalue weighted by Gasteiger charge is -2.20. The van der Waals surface area contributed by atoms with E-state index in [-0.39, 0.29) is 11.8 Å². The van der Waals surface area contributed by atoms with Crippen LogP contribution in [0.1, 0.15) is 31.2 Å². The smallest absolute Gasteiger partial charge is 0.223 e. The summed E-state index contributed by atoms with van der Waals surface area (Å²) in [4.78, 5) is 12.3. The van der Waals surface area contributed by atoms with Crippen LogP contribution in [0.15, 0.2) is 42.7 Å². The highest BCUT2D eigenvalue weighted by Gasteiger charge is 2.42. The van der Waals surface area contributed by atoms with E-state index in [4.69, 9.17) is 0 Å². The van der Waals surface area contributed by atoms with E-state index in [1.54, 1.807) is 0 Å². The molecule has 4 nitrogen and oxygen atoms in total. The van der Waals surface area contributed by atoms with E-state index in [9.17, 15) is 4.79 Å². The lowest BCUT2D eigenvalue weighted by Crippen LogP contribution is -2.33. The minimum absolute atomic E-state index is 0.236. The van der Waals surface area contributed by atoms with Crippen molar-refractivity contribution in [1.82, 2.24) is 15.1 Å². The Morgan fingerprint density at radius 3 is 2.82 bits per heavy atom. The number of carbonyl (C=O) groups excluding carboxylic acids is 1. The number of nitrogens with zero attached hydrogens (tertiary/aromatic N) is 2. The van der Waals surface area contributed by atoms with Crippen LogP contribution in [0, 0.1) is 17.8 Å². The molecular formula is C18H21N3O. The zero-order chi connectivity index (χ0) is 14.9. The number of carbonyl (C=O) groups is 1. The molecule has 3 atom stereocenters. The summed E-state index contributed by atoms with van der Waals surface area (Å²) < 4.78 is 1.85. The van der Waals surface area contributed by atoms with Crippen LogP contribution in [0.5, 0.6) is 0 Å². The summed E-state index contributed by atoms with van der Waals surface area (Å²) in [7, 11) is 0. The Morgan fingerprint density at radius 1 is 1.23 bits per heavy atom. The largest absolute Gasteiger partial charge is 0.352 e. The maximum atomic E-state index is 12.3. The molecule has 1 aromatic heterocycles. The van der Waals surface area contributed by atoms with Crippen LogP contribution in [-0.2, 0) is 11.3 Å². The van der Waals surface area contributed by atoms with E-state index in [1.807, 2.05) is 47.4 Å². The molecule has 0 spiro atoms. The third-order valence-electron chi connectivity index (χ3n) is 5.20. The Balaban J connectivity index is 1.36. The van der Waals surface area contributed by atoms with Gasteiger partial charge >= 0.3 is 0 Å². The molecule has 2 aromatic rings. The second-order valence-electron chi connectivity index (χ2n) is 6.63. The van der Waals surface area contributed by atoms with Crippen LogP contribution < -0.4 is 5.32 Å². The van der Waals surface area contributed by atoms with E-state index < -0.39 is 0 Å². The van der Waals surface area contributed by atoms with Gasteiger partial charge in [0.15, 0.2) is 0 Å². The van der Waals surface area contributed by atoms with Crippen molar-refractivity contribution in [3.8, 4) is 5.69 Å². The Kier molecular flexibility index (Phi) is 3.45. The van der Waals surface area contributed by atoms with E-state index in [1.165, 1.54) is 19.3 Å². The number of fused-ring (bicyclic) bond motifs is 2. The lowest BCUT2D eigenvalue weighted by molar-refractivity contribution is -0.126. The van der Waals surface area contributed by atoms with Gasteiger partial charge in [0.2, 0.25) is 5.91 Å². The number of nitrogens with one attached hydrogen (secondary N) is 1. The highest BCUT2D eigenvalue weighted by Crippen LogP contribution is 2.48. The monoisotopic (exact) mass is 295 g/mol. The van der Waals surface area contributed by atoms with Gasteiger partial charge in [0.1, 0.15) is 0 Å². The molecule has 4 rings (SSSR count). The van der Waals surface area contributed by atoms with Crippen LogP contribution in [-0.4, -0.2) is 15.7 Å². The van der Waals surface area contributed by atoms with Gasteiger partial charge in [-0.05, 0) is 43.2 Å². The van der Waals surface area contributed by atoms with Crippen LogP contribution in [0.4, 0.5) is 0 Å². The third kappa shape index (κ3) is 2.54. The van der Waals surface area contributed by atoms with Crippen LogP contribution >= 0.6 is 0 Å². The number of para-hydroxylation sites is 1. The summed E-state index contributed by atoms with van der Waals surface area (Å²) in [5, 5.41) is 7.46. The Hall–Kier alpha value is -2.10. The third-order valence-corrected chi connectivity index (χ3v) is 5.20. The lowest BCUT2D eigenvalue weighted by atomic mass is 9.88. The zero-order valence-corrected chi connectivity index (χ0v) is 12.6. The molecule has 22 heavy (non-hydrogen) atoms. The molecule has 4 heteroatoms. The van der Waals surface area contributed by atoms with Gasteiger partial charge in [-0.15, -0.1) is 0 Å². The first-order chi connectivity index (χ1) is 10.8. The van der Waals surface area contributed by atoms with Crippen LogP contribution in [0.25, 0.3) is 5.69 Å². The predicted molar refractivity (Wildman–Crippen MR) is 84.3 cm³/mol. The summed E-state index contributed by atoms with van der Waals surface area (Å²) in [6.07, 6.45) is 8.75. The fourth-order valence-electron chi connectivity index (χ4n) is 4.06. The molecule has 3 unspecified atom stereocenters. The summed E-state index contributed by atoms with van der Waals surface area (Å²) in [6, 6.07) is 10.0. The highest BCUT2D eigenvalue weighted by atomic mass is 16.1. The van der Waals surface area contributed by atoms with E-state index in [0.717, 1.165) is 23.6 Å². The van der Waals surface area contributed by atoms with E-state index >= 15 is 0 Å². The van der Waals surface area contributed by atoms with E-state index in [2.05, 4.69) is 10.4 Å². The highest BCUT2D eigenvalue weighted by molar-refractivity contribution is 5.79. The SMILES string of the molecule is O=C(NCc1cnn(-c2ccccc2)c1)C1CC2CCC1C2. The number of amides is 1. The number of hydrogen-bond donors (Lipinski definition) is 1. The molecule has 2 saturated carbocycles. The Labute approximate surface area is 130 Å². The van der Waals surface area contributed by atoms with Gasteiger partial charge in [-0.2, -0.15) is 5.10 Å². The average Bonchev–Trinajstić information content (AvgIpc) is 3.29. The van der Waals surface area contributed by atoms with Crippen molar-refractivity contribution < 1.29 is 4.79 Å². The molecular weight excluding hydrogens is 274 g/mol. The summed E-state index contributed by atoms with van der Waals surface area (Å²) in [6.45, 7) is 0.569. The first kappa shape index (κ1) is 13.6. The fraction of sp³-hybridized carbons (Fsp3) is 0.444. The topological polar surface area (TPSA) is 46.9 Å². The van der Waals surface area contributed by atoms with Gasteiger partial charge in [0.25, 0.3) is 0 Å². The normalized spacial score (nSPS) is 26.3. The first-order valence-electron chi connectivity index (χ1n) is 8.16. The fourth-order valence-corrected chi connectivity index (χ4v) is 4.06. The first-order valence-corrected chi connectivity index (χ1v) is 8.16. The zero-order valence-electron chi connectivity index (χ0n) is 12.6. The van der Waals surface area contributed by atoms with Gasteiger partial charge in [0, 0.05) is 24.2 Å². The van der Waals surface area contributed by atoms with Crippen LogP contribution in [0.2, 0.25) is 0 Å². The molecule has 1 amide bonds. The van der Waals surface area contributed by atoms with Gasteiger partial charge in [-0.3, -0.25) is 4.79 Å². The van der Waals surface area contributed by atoms with Crippen molar-refractivity contribution in [1.29, 1.82) is 0 Å². The van der Waals surface area contributed by atoms with Crippen molar-refractivity contribution in [2.45, 2.75) is 32.2 Å². The van der Waals surface area contributed by atoms with Crippen molar-refractivity contribution in [3.05, 3.63) is 48.3 Å². The summed E-state index contributed by atoms with van der Waals surface area (Å²) >= 11 is 0. The maximum Gasteiger partial charge on any atom is 0.223 e. The number of hydrogen-bond acceptors (Lipinski definition) is 2. The van der Waals surface area contributed by atoms with Crippen LogP contribution in [0.3, 0.4) is 0 Å². The minimum Gasteiger partial charge on any atom is -0.352 e.